The number of cyclic esters (lactones) is 4. The summed E-state index contributed by atoms with van der Waals surface area (Å²) in [6.07, 6.45) is -3.77. The van der Waals surface area contributed by atoms with Crippen LogP contribution in [0, 0.1) is 0 Å². The van der Waals surface area contributed by atoms with Gasteiger partial charge in [0.1, 0.15) is 6.10 Å². The molecule has 14 nitrogen and oxygen atoms in total. The van der Waals surface area contributed by atoms with Gasteiger partial charge in [-0.25, -0.2) is 19.2 Å². The molecule has 0 spiro atoms. The number of rotatable bonds is 4. The first kappa shape index (κ1) is 21.4. The minimum Gasteiger partial charge on any atom is -0.419 e. The van der Waals surface area contributed by atoms with E-state index in [-0.39, 0.29) is 0 Å². The highest BCUT2D eigenvalue weighted by molar-refractivity contribution is 5.94. The van der Waals surface area contributed by atoms with Gasteiger partial charge >= 0.3 is 41.4 Å². The lowest BCUT2D eigenvalue weighted by Crippen LogP contribution is -2.78. The summed E-state index contributed by atoms with van der Waals surface area (Å²) in [5, 5.41) is 60.5. The predicted octanol–water partition coefficient (Wildman–Crippen LogP) is -4.96. The highest BCUT2D eigenvalue weighted by Crippen LogP contribution is 2.42. The molecule has 2 rings (SSSR count). The number of carbonyl (C=O) groups is 4. The summed E-state index contributed by atoms with van der Waals surface area (Å²) in [6, 6.07) is 0. The Hall–Kier alpha value is -2.88. The molecule has 0 aromatic carbocycles. The minimum atomic E-state index is -4.26. The Balaban J connectivity index is 2.71. The second kappa shape index (κ2) is 7.27. The Kier molecular flexibility index (Phi) is 5.56. The number of aliphatic hydroxyl groups is 6. The molecule has 0 saturated heterocycles. The van der Waals surface area contributed by atoms with Gasteiger partial charge in [0, 0.05) is 24.3 Å². The van der Waals surface area contributed by atoms with E-state index in [0.717, 1.165) is 0 Å². The Morgan fingerprint density at radius 2 is 1.14 bits per heavy atom. The molecule has 2 heterocycles. The maximum Gasteiger partial charge on any atom is 0.451 e. The average Bonchev–Trinajstić information content (AvgIpc) is 2.75. The third kappa shape index (κ3) is 3.47. The van der Waals surface area contributed by atoms with Crippen molar-refractivity contribution in [3.63, 3.8) is 0 Å². The summed E-state index contributed by atoms with van der Waals surface area (Å²) in [5.41, 5.74) is 0. The molecular weight excluding hydrogens is 392 g/mol. The second-order valence-corrected chi connectivity index (χ2v) is 5.47. The lowest BCUT2D eigenvalue weighted by molar-refractivity contribution is -0.511. The molecule has 14 heteroatoms. The van der Waals surface area contributed by atoms with Gasteiger partial charge in [0.2, 0.25) is 0 Å². The van der Waals surface area contributed by atoms with Crippen LogP contribution in [0.4, 0.5) is 0 Å². The maximum atomic E-state index is 11.8. The number of aliphatic hydroxyl groups excluding tert-OH is 3. The second-order valence-electron chi connectivity index (χ2n) is 5.47. The highest BCUT2D eigenvalue weighted by Gasteiger charge is 2.78. The van der Waals surface area contributed by atoms with Crippen molar-refractivity contribution in [2.75, 3.05) is 6.61 Å². The molecule has 0 fully saturated rings. The lowest BCUT2D eigenvalue weighted by atomic mass is 9.92. The molecule has 2 aliphatic rings. The molecule has 0 aromatic heterocycles. The molecule has 4 atom stereocenters. The summed E-state index contributed by atoms with van der Waals surface area (Å²) in [7, 11) is 0. The van der Waals surface area contributed by atoms with Gasteiger partial charge in [-0.3, -0.25) is 0 Å². The van der Waals surface area contributed by atoms with Crippen molar-refractivity contribution in [2.24, 2.45) is 0 Å². The Morgan fingerprint density at radius 1 is 0.750 bits per heavy atom. The van der Waals surface area contributed by atoms with Crippen LogP contribution in [-0.4, -0.2) is 90.9 Å². The van der Waals surface area contributed by atoms with Crippen molar-refractivity contribution < 1.29 is 68.8 Å². The molecule has 154 valence electrons. The smallest absolute Gasteiger partial charge is 0.419 e. The van der Waals surface area contributed by atoms with Crippen LogP contribution in [-0.2, 0) is 38.1 Å². The minimum absolute atomic E-state index is 0.337. The van der Waals surface area contributed by atoms with Crippen LogP contribution in [0.1, 0.15) is 0 Å². The van der Waals surface area contributed by atoms with Crippen molar-refractivity contribution in [2.45, 2.75) is 29.8 Å². The maximum absolute atomic E-state index is 11.8. The first-order chi connectivity index (χ1) is 12.9. The van der Waals surface area contributed by atoms with Crippen molar-refractivity contribution in [3.05, 3.63) is 24.3 Å². The van der Waals surface area contributed by atoms with Gasteiger partial charge in [0.15, 0.2) is 6.10 Å². The van der Waals surface area contributed by atoms with Crippen LogP contribution in [0.5, 0.6) is 0 Å². The van der Waals surface area contributed by atoms with Crippen LogP contribution in [0.2, 0.25) is 0 Å². The van der Waals surface area contributed by atoms with E-state index in [4.69, 9.17) is 5.11 Å². The zero-order valence-electron chi connectivity index (χ0n) is 13.6. The summed E-state index contributed by atoms with van der Waals surface area (Å²) >= 11 is 0. The van der Waals surface area contributed by atoms with E-state index in [1.165, 1.54) is 0 Å². The average molecular weight is 406 g/mol. The first-order valence-corrected chi connectivity index (χ1v) is 7.30. The van der Waals surface area contributed by atoms with E-state index in [0.29, 0.717) is 24.3 Å². The monoisotopic (exact) mass is 406 g/mol. The molecule has 0 amide bonds. The van der Waals surface area contributed by atoms with Gasteiger partial charge < -0.3 is 49.6 Å². The zero-order chi connectivity index (χ0) is 21.3. The van der Waals surface area contributed by atoms with E-state index in [1.54, 1.807) is 0 Å². The predicted molar refractivity (Wildman–Crippen MR) is 76.6 cm³/mol. The topological polar surface area (TPSA) is 227 Å². The fraction of sp³-hybridized carbons (Fsp3) is 0.429. The third-order valence-electron chi connectivity index (χ3n) is 3.56. The largest absolute Gasteiger partial charge is 0.451 e. The van der Waals surface area contributed by atoms with Gasteiger partial charge in [-0.1, -0.05) is 0 Å². The van der Waals surface area contributed by atoms with E-state index in [2.05, 4.69) is 18.9 Å². The van der Waals surface area contributed by atoms with Crippen molar-refractivity contribution >= 4 is 23.9 Å². The first-order valence-electron chi connectivity index (χ1n) is 7.30. The van der Waals surface area contributed by atoms with Gasteiger partial charge in [0.05, 0.1) is 6.61 Å². The quantitative estimate of drug-likeness (QED) is 0.190. The molecule has 2 aliphatic heterocycles. The van der Waals surface area contributed by atoms with Crippen LogP contribution in [0.25, 0.3) is 0 Å². The molecule has 0 aromatic rings. The lowest BCUT2D eigenvalue weighted by Gasteiger charge is -2.48. The van der Waals surface area contributed by atoms with Crippen molar-refractivity contribution in [1.29, 1.82) is 0 Å². The fourth-order valence-electron chi connectivity index (χ4n) is 2.19. The SMILES string of the molecule is O=C1C=CC(=O)OC(O)([C@]2(O)OC(=O)/C=C\C(=O)O[C@]2(O)[C@H](O)[C@@H](O)CO)O1. The fourth-order valence-corrected chi connectivity index (χ4v) is 2.19. The Labute approximate surface area is 154 Å². The number of carbonyl (C=O) groups excluding carboxylic acids is 4. The highest BCUT2D eigenvalue weighted by atomic mass is 16.9. The van der Waals surface area contributed by atoms with Crippen LogP contribution in [0.15, 0.2) is 24.3 Å². The molecule has 0 saturated carbocycles. The molecule has 0 unspecified atom stereocenters. The summed E-state index contributed by atoms with van der Waals surface area (Å²) in [6.45, 7) is -1.31. The molecule has 0 radical (unpaired) electrons. The van der Waals surface area contributed by atoms with Gasteiger partial charge in [-0.2, -0.15) is 0 Å². The molecule has 0 bridgehead atoms. The molecule has 28 heavy (non-hydrogen) atoms. The summed E-state index contributed by atoms with van der Waals surface area (Å²) < 4.78 is 17.3. The molecule has 6 N–H and O–H groups in total. The van der Waals surface area contributed by atoms with Gasteiger partial charge in [0.25, 0.3) is 0 Å². The molecule has 0 aliphatic carbocycles. The van der Waals surface area contributed by atoms with Crippen molar-refractivity contribution in [3.8, 4) is 0 Å². The standard InChI is InChI=1S/C14H14O14/c15-5-6(16)11(21)12(22)13(23,26-8(18)2-1-7(17)25-12)14(24)27-9(19)3-4-10(20)28-14/h1-4,6,11,15-16,21-24H,5H2/b2-1-/t6-,11+,12+,13+/m0/s1. The summed E-state index contributed by atoms with van der Waals surface area (Å²) in [4.78, 5) is 46.7. The van der Waals surface area contributed by atoms with E-state index >= 15 is 0 Å². The van der Waals surface area contributed by atoms with Gasteiger partial charge in [-0.05, 0) is 0 Å². The number of esters is 4. The number of hydrogen-bond donors (Lipinski definition) is 6. The number of hydrogen-bond acceptors (Lipinski definition) is 14. The Bertz CT molecular complexity index is 735. The van der Waals surface area contributed by atoms with Crippen LogP contribution in [0.3, 0.4) is 0 Å². The van der Waals surface area contributed by atoms with E-state index < -0.39 is 60.2 Å². The van der Waals surface area contributed by atoms with Crippen LogP contribution >= 0.6 is 0 Å². The number of ether oxygens (including phenoxy) is 4. The van der Waals surface area contributed by atoms with Crippen molar-refractivity contribution in [1.82, 2.24) is 0 Å². The normalized spacial score (nSPS) is 33.2. The van der Waals surface area contributed by atoms with Crippen LogP contribution < -0.4 is 0 Å². The zero-order valence-corrected chi connectivity index (χ0v) is 13.6. The van der Waals surface area contributed by atoms with E-state index in [1.807, 2.05) is 0 Å². The third-order valence-corrected chi connectivity index (χ3v) is 3.56. The molecular formula is C14H14O14. The van der Waals surface area contributed by atoms with Gasteiger partial charge in [-0.15, -0.1) is 0 Å². The Morgan fingerprint density at radius 3 is 1.57 bits per heavy atom. The summed E-state index contributed by atoms with van der Waals surface area (Å²) in [5.74, 6) is -18.9. The van der Waals surface area contributed by atoms with E-state index in [9.17, 15) is 44.7 Å².